The summed E-state index contributed by atoms with van der Waals surface area (Å²) in [5.41, 5.74) is 5.64. The molecular weight excluding hydrogens is 353 g/mol. The molecule has 0 aliphatic heterocycles. The smallest absolute Gasteiger partial charge is 0.0910 e. The lowest BCUT2D eigenvalue weighted by atomic mass is 10.1. The molecule has 0 radical (unpaired) electrons. The molecule has 0 unspecified atom stereocenters. The van der Waals surface area contributed by atoms with Crippen molar-refractivity contribution in [3.05, 3.63) is 51.5 Å². The van der Waals surface area contributed by atoms with E-state index in [-0.39, 0.29) is 0 Å². The van der Waals surface area contributed by atoms with Crippen LogP contribution in [0, 0.1) is 0 Å². The molecule has 0 bridgehead atoms. The van der Waals surface area contributed by atoms with Crippen molar-refractivity contribution in [3.8, 4) is 0 Å². The maximum absolute atomic E-state index is 6.56. The number of anilines is 2. The average molecular weight is 376 g/mol. The van der Waals surface area contributed by atoms with Gasteiger partial charge in [-0.05, 0) is 55.5 Å². The Morgan fingerprint density at radius 3 is 2.64 bits per heavy atom. The molecule has 0 saturated carbocycles. The zero-order valence-electron chi connectivity index (χ0n) is 14.9. The van der Waals surface area contributed by atoms with Gasteiger partial charge in [-0.2, -0.15) is 0 Å². The highest BCUT2D eigenvalue weighted by atomic mass is 35.5. The minimum Gasteiger partial charge on any atom is -0.366 e. The Balaban J connectivity index is 1.94. The van der Waals surface area contributed by atoms with Crippen LogP contribution in [0.15, 0.2) is 35.3 Å². The van der Waals surface area contributed by atoms with Gasteiger partial charge >= 0.3 is 0 Å². The summed E-state index contributed by atoms with van der Waals surface area (Å²) in [6.07, 6.45) is 5.26. The van der Waals surface area contributed by atoms with Crippen LogP contribution < -0.4 is 4.90 Å². The number of aliphatic imine (C=N–C) groups is 1. The van der Waals surface area contributed by atoms with E-state index in [1.54, 1.807) is 6.34 Å². The van der Waals surface area contributed by atoms with Crippen LogP contribution in [-0.4, -0.2) is 31.9 Å². The lowest BCUT2D eigenvalue weighted by Gasteiger charge is -2.24. The summed E-state index contributed by atoms with van der Waals surface area (Å²) in [4.78, 5) is 8.55. The number of hydrogen-bond acceptors (Lipinski definition) is 2. The van der Waals surface area contributed by atoms with E-state index in [4.69, 9.17) is 23.2 Å². The summed E-state index contributed by atoms with van der Waals surface area (Å²) in [5.74, 6) is 0. The van der Waals surface area contributed by atoms with Crippen LogP contribution in [0.4, 0.5) is 17.1 Å². The molecule has 0 aromatic heterocycles. The average Bonchev–Trinajstić information content (AvgIpc) is 3.09. The van der Waals surface area contributed by atoms with Crippen LogP contribution in [0.25, 0.3) is 0 Å². The van der Waals surface area contributed by atoms with Gasteiger partial charge < -0.3 is 9.80 Å². The number of fused-ring (bicyclic) bond motifs is 1. The molecule has 2 aromatic carbocycles. The Morgan fingerprint density at radius 1 is 1.08 bits per heavy atom. The highest BCUT2D eigenvalue weighted by molar-refractivity contribution is 6.37. The summed E-state index contributed by atoms with van der Waals surface area (Å²) < 4.78 is 0. The minimum absolute atomic E-state index is 0.597. The molecule has 1 aliphatic rings. The van der Waals surface area contributed by atoms with Gasteiger partial charge in [0.05, 0.1) is 27.8 Å². The second-order valence-electron chi connectivity index (χ2n) is 6.40. The number of halogens is 2. The van der Waals surface area contributed by atoms with Crippen molar-refractivity contribution < 1.29 is 0 Å². The van der Waals surface area contributed by atoms with E-state index in [1.807, 2.05) is 31.1 Å². The van der Waals surface area contributed by atoms with Crippen molar-refractivity contribution in [2.24, 2.45) is 4.99 Å². The van der Waals surface area contributed by atoms with Crippen LogP contribution in [0.3, 0.4) is 0 Å². The van der Waals surface area contributed by atoms with E-state index in [2.05, 4.69) is 35.0 Å². The molecule has 0 N–H and O–H groups in total. The summed E-state index contributed by atoms with van der Waals surface area (Å²) in [6.45, 7) is 2.95. The van der Waals surface area contributed by atoms with Crippen LogP contribution >= 0.6 is 23.2 Å². The van der Waals surface area contributed by atoms with E-state index in [9.17, 15) is 0 Å². The topological polar surface area (TPSA) is 18.8 Å². The quantitative estimate of drug-likeness (QED) is 0.481. The van der Waals surface area contributed by atoms with Crippen LogP contribution in [0.2, 0.25) is 10.0 Å². The first kappa shape index (κ1) is 18.1. The van der Waals surface area contributed by atoms with Gasteiger partial charge in [0, 0.05) is 26.3 Å². The number of nitrogens with zero attached hydrogens (tertiary/aromatic N) is 3. The molecule has 3 nitrogen and oxygen atoms in total. The fourth-order valence-corrected chi connectivity index (χ4v) is 3.66. The highest BCUT2D eigenvalue weighted by Crippen LogP contribution is 2.41. The Bertz CT molecular complexity index is 802. The molecule has 3 rings (SSSR count). The molecular formula is C20H23Cl2N3. The van der Waals surface area contributed by atoms with E-state index in [0.29, 0.717) is 15.7 Å². The largest absolute Gasteiger partial charge is 0.366 e. The molecule has 0 atom stereocenters. The van der Waals surface area contributed by atoms with Gasteiger partial charge in [0.25, 0.3) is 0 Å². The van der Waals surface area contributed by atoms with Crippen molar-refractivity contribution >= 4 is 46.6 Å². The summed E-state index contributed by atoms with van der Waals surface area (Å²) in [7, 11) is 4.01. The fraction of sp³-hybridized carbons (Fsp3) is 0.350. The second-order valence-corrected chi connectivity index (χ2v) is 7.21. The van der Waals surface area contributed by atoms with E-state index in [1.165, 1.54) is 23.2 Å². The molecule has 2 aromatic rings. The fourth-order valence-electron chi connectivity index (χ4n) is 3.17. The summed E-state index contributed by atoms with van der Waals surface area (Å²) in [5, 5.41) is 1.24. The van der Waals surface area contributed by atoms with E-state index < -0.39 is 0 Å². The maximum Gasteiger partial charge on any atom is 0.0910 e. The predicted molar refractivity (Wildman–Crippen MR) is 109 cm³/mol. The molecule has 0 amide bonds. The number of hydrogen-bond donors (Lipinski definition) is 0. The van der Waals surface area contributed by atoms with Gasteiger partial charge in [-0.1, -0.05) is 35.3 Å². The Kier molecular flexibility index (Phi) is 5.55. The zero-order chi connectivity index (χ0) is 18.0. The SMILES string of the molecule is CCN(C)C=Nc1cc(Cl)c(N(C)c2cccc3c2CCC3)cc1Cl. The van der Waals surface area contributed by atoms with Crippen LogP contribution in [0.1, 0.15) is 24.5 Å². The predicted octanol–water partition coefficient (Wildman–Crippen LogP) is 5.86. The van der Waals surface area contributed by atoms with E-state index in [0.717, 1.165) is 25.1 Å². The normalized spacial score (nSPS) is 13.3. The van der Waals surface area contributed by atoms with Gasteiger partial charge in [-0.3, -0.25) is 0 Å². The first-order valence-electron chi connectivity index (χ1n) is 8.59. The van der Waals surface area contributed by atoms with Crippen LogP contribution in [-0.2, 0) is 12.8 Å². The van der Waals surface area contributed by atoms with Gasteiger partial charge in [-0.25, -0.2) is 4.99 Å². The van der Waals surface area contributed by atoms with Gasteiger partial charge in [0.15, 0.2) is 0 Å². The second kappa shape index (κ2) is 7.67. The molecule has 0 saturated heterocycles. The van der Waals surface area contributed by atoms with Crippen molar-refractivity contribution in [3.63, 3.8) is 0 Å². The Hall–Kier alpha value is -1.71. The molecule has 0 fully saturated rings. The summed E-state index contributed by atoms with van der Waals surface area (Å²) in [6, 6.07) is 10.2. The summed E-state index contributed by atoms with van der Waals surface area (Å²) >= 11 is 13.0. The zero-order valence-corrected chi connectivity index (χ0v) is 16.4. The lowest BCUT2D eigenvalue weighted by Crippen LogP contribution is -2.14. The molecule has 132 valence electrons. The number of benzene rings is 2. The minimum atomic E-state index is 0.597. The van der Waals surface area contributed by atoms with Crippen LogP contribution in [0.5, 0.6) is 0 Å². The Labute approximate surface area is 159 Å². The number of rotatable bonds is 5. The first-order chi connectivity index (χ1) is 12.0. The first-order valence-corrected chi connectivity index (χ1v) is 9.34. The molecule has 5 heteroatoms. The van der Waals surface area contributed by atoms with Crippen molar-refractivity contribution in [1.82, 2.24) is 4.90 Å². The monoisotopic (exact) mass is 375 g/mol. The molecule has 25 heavy (non-hydrogen) atoms. The third-order valence-electron chi connectivity index (χ3n) is 4.75. The van der Waals surface area contributed by atoms with Crippen molar-refractivity contribution in [1.29, 1.82) is 0 Å². The van der Waals surface area contributed by atoms with Crippen molar-refractivity contribution in [2.45, 2.75) is 26.2 Å². The Morgan fingerprint density at radius 2 is 1.88 bits per heavy atom. The van der Waals surface area contributed by atoms with Gasteiger partial charge in [0.1, 0.15) is 0 Å². The standard InChI is InChI=1S/C20H23Cl2N3/c1-4-24(2)13-23-18-11-17(22)20(12-16(18)21)25(3)19-10-6-8-14-7-5-9-15(14)19/h6,8,10-13H,4-5,7,9H2,1-3H3. The van der Waals surface area contributed by atoms with Gasteiger partial charge in [0.2, 0.25) is 0 Å². The third-order valence-corrected chi connectivity index (χ3v) is 5.36. The van der Waals surface area contributed by atoms with Crippen molar-refractivity contribution in [2.75, 3.05) is 25.5 Å². The van der Waals surface area contributed by atoms with E-state index >= 15 is 0 Å². The molecule has 0 heterocycles. The number of aryl methyl sites for hydroxylation is 1. The lowest BCUT2D eigenvalue weighted by molar-refractivity contribution is 0.552. The third kappa shape index (κ3) is 3.78. The van der Waals surface area contributed by atoms with Gasteiger partial charge in [-0.15, -0.1) is 0 Å². The molecule has 0 spiro atoms. The highest BCUT2D eigenvalue weighted by Gasteiger charge is 2.19. The maximum atomic E-state index is 6.56. The molecule has 1 aliphatic carbocycles.